The van der Waals surface area contributed by atoms with Gasteiger partial charge in [-0.1, -0.05) is 0 Å². The van der Waals surface area contributed by atoms with E-state index in [4.69, 9.17) is 0 Å². The quantitative estimate of drug-likeness (QED) is 0.776. The van der Waals surface area contributed by atoms with E-state index in [1.54, 1.807) is 6.07 Å². The van der Waals surface area contributed by atoms with Crippen molar-refractivity contribution < 1.29 is 22.0 Å². The lowest BCUT2D eigenvalue weighted by Gasteiger charge is -2.39. The van der Waals surface area contributed by atoms with Crippen molar-refractivity contribution in [3.8, 4) is 0 Å². The molecule has 0 amide bonds. The number of halogens is 5. The highest BCUT2D eigenvalue weighted by Gasteiger charge is 2.40. The summed E-state index contributed by atoms with van der Waals surface area (Å²) in [5.74, 6) is -1.46. The summed E-state index contributed by atoms with van der Waals surface area (Å²) < 4.78 is 65.8. The van der Waals surface area contributed by atoms with Gasteiger partial charge < -0.3 is 4.90 Å². The second kappa shape index (κ2) is 6.16. The first kappa shape index (κ1) is 16.9. The summed E-state index contributed by atoms with van der Waals surface area (Å²) >= 11 is 0. The predicted molar refractivity (Wildman–Crippen MR) is 81.0 cm³/mol. The standard InChI is InChI=1S/C16H16F5N3/c1-10(16(19,20)21)23-4-6-24(7-5-23)14-2-3-22-15-12(14)8-11(17)9-13(15)18/h2-3,8-10H,4-7H2,1H3. The molecule has 0 bridgehead atoms. The third-order valence-electron chi connectivity index (χ3n) is 4.42. The first-order chi connectivity index (χ1) is 11.3. The molecule has 1 atom stereocenters. The van der Waals surface area contributed by atoms with E-state index in [2.05, 4.69) is 4.98 Å². The van der Waals surface area contributed by atoms with E-state index in [0.29, 0.717) is 24.2 Å². The molecular weight excluding hydrogens is 329 g/mol. The smallest absolute Gasteiger partial charge is 0.368 e. The number of hydrogen-bond donors (Lipinski definition) is 0. The molecule has 0 aliphatic carbocycles. The zero-order chi connectivity index (χ0) is 17.5. The lowest BCUT2D eigenvalue weighted by atomic mass is 10.1. The number of alkyl halides is 3. The summed E-state index contributed by atoms with van der Waals surface area (Å²) in [4.78, 5) is 7.12. The van der Waals surface area contributed by atoms with Gasteiger partial charge >= 0.3 is 6.18 Å². The number of benzene rings is 1. The molecule has 1 saturated heterocycles. The van der Waals surface area contributed by atoms with Crippen LogP contribution >= 0.6 is 0 Å². The van der Waals surface area contributed by atoms with Gasteiger partial charge in [0.15, 0.2) is 5.82 Å². The zero-order valence-electron chi connectivity index (χ0n) is 12.9. The van der Waals surface area contributed by atoms with E-state index >= 15 is 0 Å². The molecule has 8 heteroatoms. The van der Waals surface area contributed by atoms with Crippen molar-refractivity contribution in [3.63, 3.8) is 0 Å². The topological polar surface area (TPSA) is 19.4 Å². The van der Waals surface area contributed by atoms with Crippen molar-refractivity contribution in [1.29, 1.82) is 0 Å². The molecule has 2 aromatic rings. The van der Waals surface area contributed by atoms with E-state index < -0.39 is 23.9 Å². The van der Waals surface area contributed by atoms with E-state index in [0.717, 1.165) is 13.0 Å². The highest BCUT2D eigenvalue weighted by atomic mass is 19.4. The van der Waals surface area contributed by atoms with Crippen LogP contribution in [0.1, 0.15) is 6.92 Å². The lowest BCUT2D eigenvalue weighted by molar-refractivity contribution is -0.179. The number of nitrogens with zero attached hydrogens (tertiary/aromatic N) is 3. The molecule has 130 valence electrons. The van der Waals surface area contributed by atoms with Gasteiger partial charge in [0.1, 0.15) is 17.4 Å². The number of aromatic nitrogens is 1. The minimum absolute atomic E-state index is 0.0555. The van der Waals surface area contributed by atoms with E-state index in [9.17, 15) is 22.0 Å². The van der Waals surface area contributed by atoms with Crippen LogP contribution in [0.3, 0.4) is 0 Å². The Bertz CT molecular complexity index is 738. The highest BCUT2D eigenvalue weighted by molar-refractivity contribution is 5.92. The first-order valence-corrected chi connectivity index (χ1v) is 7.57. The molecule has 1 aromatic carbocycles. The predicted octanol–water partition coefficient (Wildman–Crippen LogP) is 3.59. The molecule has 2 heterocycles. The lowest BCUT2D eigenvalue weighted by Crippen LogP contribution is -2.53. The Morgan fingerprint density at radius 3 is 2.38 bits per heavy atom. The number of rotatable bonds is 2. The molecule has 0 saturated carbocycles. The van der Waals surface area contributed by atoms with Crippen LogP contribution in [0.4, 0.5) is 27.6 Å². The van der Waals surface area contributed by atoms with Gasteiger partial charge in [-0.3, -0.25) is 9.88 Å². The Labute approximate surface area is 135 Å². The largest absolute Gasteiger partial charge is 0.403 e. The van der Waals surface area contributed by atoms with Crippen LogP contribution in [0.5, 0.6) is 0 Å². The molecule has 1 aliphatic rings. The van der Waals surface area contributed by atoms with Gasteiger partial charge in [-0.15, -0.1) is 0 Å². The van der Waals surface area contributed by atoms with E-state index in [1.807, 2.05) is 4.90 Å². The number of fused-ring (bicyclic) bond motifs is 1. The monoisotopic (exact) mass is 345 g/mol. The van der Waals surface area contributed by atoms with Crippen molar-refractivity contribution in [1.82, 2.24) is 9.88 Å². The molecule has 0 N–H and O–H groups in total. The highest BCUT2D eigenvalue weighted by Crippen LogP contribution is 2.30. The average molecular weight is 345 g/mol. The third kappa shape index (κ3) is 3.15. The van der Waals surface area contributed by atoms with Crippen LogP contribution in [-0.2, 0) is 0 Å². The van der Waals surface area contributed by atoms with Crippen LogP contribution in [0.25, 0.3) is 10.9 Å². The molecule has 1 unspecified atom stereocenters. The normalized spacial score (nSPS) is 18.2. The maximum Gasteiger partial charge on any atom is 0.403 e. The third-order valence-corrected chi connectivity index (χ3v) is 4.42. The van der Waals surface area contributed by atoms with Crippen molar-refractivity contribution in [3.05, 3.63) is 36.0 Å². The van der Waals surface area contributed by atoms with Gasteiger partial charge in [-0.05, 0) is 19.1 Å². The summed E-state index contributed by atoms with van der Waals surface area (Å²) in [7, 11) is 0. The first-order valence-electron chi connectivity index (χ1n) is 7.57. The molecule has 1 fully saturated rings. The van der Waals surface area contributed by atoms with Crippen molar-refractivity contribution in [2.45, 2.75) is 19.1 Å². The van der Waals surface area contributed by atoms with Gasteiger partial charge in [0.25, 0.3) is 0 Å². The molecule has 3 rings (SSSR count). The fourth-order valence-corrected chi connectivity index (χ4v) is 3.00. The molecule has 0 radical (unpaired) electrons. The minimum atomic E-state index is -4.27. The summed E-state index contributed by atoms with van der Waals surface area (Å²) in [5, 5.41) is 0.326. The molecule has 1 aliphatic heterocycles. The summed E-state index contributed by atoms with van der Waals surface area (Å²) in [6.45, 7) is 2.28. The SMILES string of the molecule is CC(N1CCN(c2ccnc3c(F)cc(F)cc23)CC1)C(F)(F)F. The van der Waals surface area contributed by atoms with Crippen LogP contribution in [-0.4, -0.2) is 48.3 Å². The Morgan fingerprint density at radius 1 is 1.08 bits per heavy atom. The molecular formula is C16H16F5N3. The number of anilines is 1. The Kier molecular flexibility index (Phi) is 4.33. The fourth-order valence-electron chi connectivity index (χ4n) is 3.00. The van der Waals surface area contributed by atoms with Crippen molar-refractivity contribution in [2.75, 3.05) is 31.1 Å². The zero-order valence-corrected chi connectivity index (χ0v) is 12.9. The Morgan fingerprint density at radius 2 is 1.75 bits per heavy atom. The maximum absolute atomic E-state index is 13.8. The molecule has 24 heavy (non-hydrogen) atoms. The van der Waals surface area contributed by atoms with Crippen LogP contribution in [0, 0.1) is 11.6 Å². The minimum Gasteiger partial charge on any atom is -0.368 e. The maximum atomic E-state index is 13.8. The summed E-state index contributed by atoms with van der Waals surface area (Å²) in [6.07, 6.45) is -2.85. The molecule has 3 nitrogen and oxygen atoms in total. The molecule has 1 aromatic heterocycles. The van der Waals surface area contributed by atoms with E-state index in [-0.39, 0.29) is 18.6 Å². The number of pyridine rings is 1. The van der Waals surface area contributed by atoms with Crippen molar-refractivity contribution in [2.24, 2.45) is 0 Å². The van der Waals surface area contributed by atoms with Gasteiger partial charge in [0.2, 0.25) is 0 Å². The van der Waals surface area contributed by atoms with Crippen LogP contribution in [0.15, 0.2) is 24.4 Å². The molecule has 0 spiro atoms. The number of piperazine rings is 1. The Hall–Kier alpha value is -1.96. The second-order valence-electron chi connectivity index (χ2n) is 5.85. The van der Waals surface area contributed by atoms with Gasteiger partial charge in [-0.25, -0.2) is 8.78 Å². The second-order valence-corrected chi connectivity index (χ2v) is 5.85. The summed E-state index contributed by atoms with van der Waals surface area (Å²) in [6, 6.07) is 2.08. The summed E-state index contributed by atoms with van der Waals surface area (Å²) in [5.41, 5.74) is 0.637. The van der Waals surface area contributed by atoms with Gasteiger partial charge in [0.05, 0.1) is 0 Å². The van der Waals surface area contributed by atoms with Crippen LogP contribution < -0.4 is 4.90 Å². The average Bonchev–Trinajstić information content (AvgIpc) is 2.53. The number of hydrogen-bond acceptors (Lipinski definition) is 3. The van der Waals surface area contributed by atoms with E-state index in [1.165, 1.54) is 17.2 Å². The van der Waals surface area contributed by atoms with Gasteiger partial charge in [0, 0.05) is 49.5 Å². The van der Waals surface area contributed by atoms with Crippen LogP contribution in [0.2, 0.25) is 0 Å². The van der Waals surface area contributed by atoms with Crippen molar-refractivity contribution >= 4 is 16.6 Å². The van der Waals surface area contributed by atoms with Gasteiger partial charge in [-0.2, -0.15) is 13.2 Å². The Balaban J connectivity index is 1.84. The fraction of sp³-hybridized carbons (Fsp3) is 0.438.